The molecule has 0 aliphatic heterocycles. The van der Waals surface area contributed by atoms with Gasteiger partial charge in [-0.05, 0) is 67.9 Å². The Morgan fingerprint density at radius 2 is 1.55 bits per heavy atom. The van der Waals surface area contributed by atoms with Gasteiger partial charge in [0.25, 0.3) is 0 Å². The van der Waals surface area contributed by atoms with E-state index in [1.165, 1.54) is 38.2 Å². The van der Waals surface area contributed by atoms with Gasteiger partial charge >= 0.3 is 25.8 Å². The topological polar surface area (TPSA) is 60.4 Å². The monoisotopic (exact) mass is 414 g/mol. The van der Waals surface area contributed by atoms with Crippen molar-refractivity contribution in [2.24, 2.45) is 23.7 Å². The molecule has 0 atom stereocenters. The Labute approximate surface area is 136 Å². The Morgan fingerprint density at radius 3 is 2.14 bits per heavy atom. The van der Waals surface area contributed by atoms with Crippen LogP contribution in [0.3, 0.4) is 0 Å². The van der Waals surface area contributed by atoms with E-state index >= 15 is 0 Å². The van der Waals surface area contributed by atoms with Crippen molar-refractivity contribution in [1.82, 2.24) is 0 Å². The van der Waals surface area contributed by atoms with Gasteiger partial charge in [-0.15, -0.1) is 0 Å². The summed E-state index contributed by atoms with van der Waals surface area (Å²) < 4.78 is 28.7. The van der Waals surface area contributed by atoms with Gasteiger partial charge < -0.3 is 4.74 Å². The fraction of sp³-hybridized carbons (Fsp3) is 0.588. The molecule has 4 aliphatic carbocycles. The average molecular weight is 414 g/mol. The predicted octanol–water partition coefficient (Wildman–Crippen LogP) is 4.04. The van der Waals surface area contributed by atoms with E-state index in [0.717, 1.165) is 11.8 Å². The molecule has 0 spiro atoms. The second kappa shape index (κ2) is 5.58. The Hall–Kier alpha value is -0.980. The van der Waals surface area contributed by atoms with Crippen LogP contribution in [0.4, 0.5) is 0 Å². The van der Waals surface area contributed by atoms with Crippen molar-refractivity contribution < 1.29 is 15.7 Å². The van der Waals surface area contributed by atoms with Gasteiger partial charge in [-0.1, -0.05) is 12.1 Å². The maximum absolute atomic E-state index is 12.5. The third-order valence-electron chi connectivity index (χ3n) is 5.64. The molecule has 0 radical (unpaired) electrons. The fourth-order valence-corrected chi connectivity index (χ4v) is 6.39. The molecular formula is C17H19IO4. The van der Waals surface area contributed by atoms with Gasteiger partial charge in [-0.25, -0.2) is 10.9 Å². The van der Waals surface area contributed by atoms with E-state index in [1.807, 2.05) is 0 Å². The Bertz CT molecular complexity index is 643. The van der Waals surface area contributed by atoms with Crippen LogP contribution in [0.5, 0.6) is 0 Å². The molecule has 4 nitrogen and oxygen atoms in total. The van der Waals surface area contributed by atoms with Gasteiger partial charge in [0.2, 0.25) is 0 Å². The lowest BCUT2D eigenvalue weighted by Gasteiger charge is -2.53. The number of esters is 1. The summed E-state index contributed by atoms with van der Waals surface area (Å²) >= 11 is -3.68. The van der Waals surface area contributed by atoms with E-state index in [2.05, 4.69) is 0 Å². The normalized spacial score (nSPS) is 35.8. The molecule has 0 saturated heterocycles. The van der Waals surface area contributed by atoms with Crippen molar-refractivity contribution in [3.63, 3.8) is 0 Å². The van der Waals surface area contributed by atoms with Crippen LogP contribution in [-0.4, -0.2) is 12.1 Å². The smallest absolute Gasteiger partial charge is 0.341 e. The number of carbonyl (C=O) groups is 1. The third kappa shape index (κ3) is 2.47. The summed E-state index contributed by atoms with van der Waals surface area (Å²) in [7, 11) is 0. The molecule has 4 fully saturated rings. The van der Waals surface area contributed by atoms with Gasteiger partial charge in [0.15, 0.2) is 0 Å². The fourth-order valence-electron chi connectivity index (χ4n) is 5.02. The molecule has 1 aromatic rings. The summed E-state index contributed by atoms with van der Waals surface area (Å²) in [5.41, 5.74) is 0.214. The largest absolute Gasteiger partial charge is 0.458 e. The lowest BCUT2D eigenvalue weighted by Crippen LogP contribution is -2.50. The van der Waals surface area contributed by atoms with Crippen LogP contribution in [0.15, 0.2) is 24.3 Å². The lowest BCUT2D eigenvalue weighted by molar-refractivity contribution is -0.101. The van der Waals surface area contributed by atoms with Crippen molar-refractivity contribution in [2.75, 3.05) is 0 Å². The molecule has 5 rings (SSSR count). The highest BCUT2D eigenvalue weighted by molar-refractivity contribution is 14.2. The van der Waals surface area contributed by atoms with Crippen LogP contribution < -0.4 is 0 Å². The average Bonchev–Trinajstić information content (AvgIpc) is 2.50. The third-order valence-corrected chi connectivity index (χ3v) is 7.53. The number of ether oxygens (including phenoxy) is 1. The van der Waals surface area contributed by atoms with Crippen molar-refractivity contribution in [3.05, 3.63) is 33.4 Å². The summed E-state index contributed by atoms with van der Waals surface area (Å²) in [4.78, 5) is 12.5. The first-order chi connectivity index (χ1) is 10.6. The minimum atomic E-state index is -3.68. The summed E-state index contributed by atoms with van der Waals surface area (Å²) in [6.07, 6.45) is 6.05. The van der Waals surface area contributed by atoms with Crippen LogP contribution in [0.2, 0.25) is 0 Å². The molecule has 0 amide bonds. The molecule has 0 heterocycles. The van der Waals surface area contributed by atoms with Crippen molar-refractivity contribution in [2.45, 2.75) is 38.2 Å². The molecule has 4 saturated carbocycles. The second-order valence-corrected chi connectivity index (χ2v) is 9.40. The molecular weight excluding hydrogens is 395 g/mol. The zero-order valence-electron chi connectivity index (χ0n) is 12.2. The Morgan fingerprint density at radius 1 is 0.955 bits per heavy atom. The molecule has 4 bridgehead atoms. The molecule has 0 unspecified atom stereocenters. The van der Waals surface area contributed by atoms with E-state index in [9.17, 15) is 10.9 Å². The minimum Gasteiger partial charge on any atom is -0.458 e. The van der Waals surface area contributed by atoms with Gasteiger partial charge in [-0.3, -0.25) is 0 Å². The predicted molar refractivity (Wildman–Crippen MR) is 86.8 cm³/mol. The molecule has 5 heteroatoms. The standard InChI is InChI=1S/C17H19IO4/c19-17(14-3-1-2-4-15(14)18(20)21)22-16-12-6-10-5-11(8-12)9-13(16)7-10/h1-4,10-13,16H,5-9H2. The maximum atomic E-state index is 12.5. The summed E-state index contributed by atoms with van der Waals surface area (Å²) in [6.45, 7) is 0. The van der Waals surface area contributed by atoms with E-state index in [-0.39, 0.29) is 15.2 Å². The summed E-state index contributed by atoms with van der Waals surface area (Å²) in [5, 5.41) is 0. The molecule has 0 aromatic heterocycles. The lowest BCUT2D eigenvalue weighted by atomic mass is 9.55. The number of halogens is 1. The van der Waals surface area contributed by atoms with E-state index in [0.29, 0.717) is 11.8 Å². The first kappa shape index (κ1) is 14.6. The summed E-state index contributed by atoms with van der Waals surface area (Å²) in [6, 6.07) is 6.40. The highest BCUT2D eigenvalue weighted by atomic mass is 127. The highest BCUT2D eigenvalue weighted by Crippen LogP contribution is 2.54. The van der Waals surface area contributed by atoms with Crippen molar-refractivity contribution in [3.8, 4) is 0 Å². The van der Waals surface area contributed by atoms with Crippen LogP contribution in [-0.2, 0) is 10.9 Å². The molecule has 22 heavy (non-hydrogen) atoms. The zero-order valence-corrected chi connectivity index (χ0v) is 14.4. The zero-order chi connectivity index (χ0) is 15.3. The summed E-state index contributed by atoms with van der Waals surface area (Å²) in [5.74, 6) is 2.17. The van der Waals surface area contributed by atoms with Gasteiger partial charge in [-0.2, -0.15) is 0 Å². The maximum Gasteiger partial charge on any atom is 0.341 e. The number of rotatable bonds is 3. The van der Waals surface area contributed by atoms with Crippen LogP contribution in [0.1, 0.15) is 42.5 Å². The van der Waals surface area contributed by atoms with E-state index in [4.69, 9.17) is 4.74 Å². The molecule has 1 aromatic carbocycles. The first-order valence-corrected chi connectivity index (χ1v) is 10.8. The number of hydrogen-bond donors (Lipinski definition) is 0. The number of benzene rings is 1. The number of carbonyl (C=O) groups excluding carboxylic acids is 1. The van der Waals surface area contributed by atoms with Crippen molar-refractivity contribution >= 4 is 25.8 Å². The SMILES string of the molecule is O=C(OC1C2CC3CC(C2)CC1C3)c1ccccc1I(=O)=O. The Balaban J connectivity index is 1.56. The minimum absolute atomic E-state index is 0.00564. The first-order valence-electron chi connectivity index (χ1n) is 7.97. The van der Waals surface area contributed by atoms with Crippen LogP contribution in [0.25, 0.3) is 0 Å². The second-order valence-electron chi connectivity index (χ2n) is 7.00. The van der Waals surface area contributed by atoms with Crippen molar-refractivity contribution in [1.29, 1.82) is 0 Å². The van der Waals surface area contributed by atoms with E-state index < -0.39 is 25.8 Å². The Kier molecular flexibility index (Phi) is 3.71. The highest BCUT2D eigenvalue weighted by Gasteiger charge is 2.50. The van der Waals surface area contributed by atoms with E-state index in [1.54, 1.807) is 18.2 Å². The van der Waals surface area contributed by atoms with Crippen LogP contribution in [0, 0.1) is 27.2 Å². The van der Waals surface area contributed by atoms with Crippen LogP contribution >= 0.6 is 19.8 Å². The van der Waals surface area contributed by atoms with Gasteiger partial charge in [0.05, 0.1) is 9.13 Å². The quantitative estimate of drug-likeness (QED) is 0.554. The molecule has 4 aliphatic rings. The number of hydrogen-bond acceptors (Lipinski definition) is 4. The molecule has 0 N–H and O–H groups in total. The van der Waals surface area contributed by atoms with Gasteiger partial charge in [0.1, 0.15) is 6.10 Å². The molecule has 118 valence electrons. The van der Waals surface area contributed by atoms with Gasteiger partial charge in [0, 0.05) is 0 Å².